The molecule has 0 radical (unpaired) electrons. The number of nitrogens with one attached hydrogen (secondary N) is 1. The molecule has 172 valence electrons. The van der Waals surface area contributed by atoms with Crippen molar-refractivity contribution < 1.29 is 23.9 Å². The van der Waals surface area contributed by atoms with E-state index in [1.54, 1.807) is 0 Å². The molecule has 0 aliphatic heterocycles. The average Bonchev–Trinajstić information content (AvgIpc) is 2.76. The minimum absolute atomic E-state index is 0.0944. The number of hydrogen-bond donors (Lipinski definition) is 1. The van der Waals surface area contributed by atoms with Crippen LogP contribution < -0.4 is 10.1 Å². The van der Waals surface area contributed by atoms with Crippen LogP contribution >= 0.6 is 0 Å². The first-order valence-corrected chi connectivity index (χ1v) is 10.9. The van der Waals surface area contributed by atoms with E-state index in [0.29, 0.717) is 31.7 Å². The van der Waals surface area contributed by atoms with Crippen LogP contribution in [0.4, 0.5) is 5.69 Å². The Labute approximate surface area is 189 Å². The number of nitrogens with zero attached hydrogens (tertiary/aromatic N) is 1. The number of rotatable bonds is 12. The molecule has 7 heteroatoms. The van der Waals surface area contributed by atoms with Gasteiger partial charge in [0, 0.05) is 18.7 Å². The zero-order valence-corrected chi connectivity index (χ0v) is 19.1. The molecule has 2 rings (SSSR count). The minimum atomic E-state index is -0.466. The number of ether oxygens (including phenoxy) is 2. The lowest BCUT2D eigenvalue weighted by atomic mass is 10.2. The molecule has 32 heavy (non-hydrogen) atoms. The summed E-state index contributed by atoms with van der Waals surface area (Å²) in [5, 5.41) is 2.82. The molecule has 0 spiro atoms. The van der Waals surface area contributed by atoms with Gasteiger partial charge in [0.25, 0.3) is 5.91 Å². The normalized spacial score (nSPS) is 10.3. The molecule has 0 fully saturated rings. The average molecular weight is 441 g/mol. The van der Waals surface area contributed by atoms with E-state index < -0.39 is 11.9 Å². The fourth-order valence-corrected chi connectivity index (χ4v) is 3.06. The number of benzene rings is 2. The van der Waals surface area contributed by atoms with E-state index in [-0.39, 0.29) is 25.5 Å². The number of esters is 1. The Hall–Kier alpha value is -3.35. The smallest absolute Gasteiger partial charge is 0.306 e. The summed E-state index contributed by atoms with van der Waals surface area (Å²) in [6, 6.07) is 15.1. The third-order valence-corrected chi connectivity index (χ3v) is 4.74. The largest absolute Gasteiger partial charge is 0.494 e. The maximum absolute atomic E-state index is 12.5. The Kier molecular flexibility index (Phi) is 10.2. The predicted octanol–water partition coefficient (Wildman–Crippen LogP) is 3.88. The van der Waals surface area contributed by atoms with E-state index >= 15 is 0 Å². The van der Waals surface area contributed by atoms with E-state index in [0.717, 1.165) is 16.9 Å². The van der Waals surface area contributed by atoms with Crippen LogP contribution in [0.5, 0.6) is 5.75 Å². The molecule has 7 nitrogen and oxygen atoms in total. The highest BCUT2D eigenvalue weighted by Crippen LogP contribution is 2.14. The Morgan fingerprint density at radius 2 is 1.81 bits per heavy atom. The standard InChI is InChI=1S/C25H32N2O5/c1-4-14-27(17-23(28)26-22-12-6-5-10-20(22)3)24(29)18-32-25(30)13-8-15-31-21-11-7-9-19(2)16-21/h5-7,9-12,16H,4,8,13-15,17-18H2,1-3H3,(H,26,28). The van der Waals surface area contributed by atoms with E-state index in [2.05, 4.69) is 5.32 Å². The Balaban J connectivity index is 1.72. The van der Waals surface area contributed by atoms with Crippen LogP contribution in [-0.2, 0) is 19.1 Å². The van der Waals surface area contributed by atoms with Crippen molar-refractivity contribution in [3.05, 3.63) is 59.7 Å². The van der Waals surface area contributed by atoms with E-state index in [9.17, 15) is 14.4 Å². The topological polar surface area (TPSA) is 84.9 Å². The first-order valence-electron chi connectivity index (χ1n) is 10.9. The molecule has 2 amide bonds. The number of carbonyl (C=O) groups excluding carboxylic acids is 3. The third kappa shape index (κ3) is 8.79. The van der Waals surface area contributed by atoms with Crippen LogP contribution in [0.15, 0.2) is 48.5 Å². The first-order chi connectivity index (χ1) is 15.4. The van der Waals surface area contributed by atoms with Crippen molar-refractivity contribution in [1.29, 1.82) is 0 Å². The van der Waals surface area contributed by atoms with Gasteiger partial charge in [0.2, 0.25) is 5.91 Å². The van der Waals surface area contributed by atoms with Crippen molar-refractivity contribution in [3.63, 3.8) is 0 Å². The van der Waals surface area contributed by atoms with Crippen molar-refractivity contribution in [1.82, 2.24) is 4.90 Å². The number of anilines is 1. The van der Waals surface area contributed by atoms with Crippen molar-refractivity contribution in [2.24, 2.45) is 0 Å². The molecule has 1 N–H and O–H groups in total. The SMILES string of the molecule is CCCN(CC(=O)Nc1ccccc1C)C(=O)COC(=O)CCCOc1cccc(C)c1. The molecule has 0 aromatic heterocycles. The van der Waals surface area contributed by atoms with Crippen molar-refractivity contribution in [2.75, 3.05) is 31.6 Å². The van der Waals surface area contributed by atoms with Gasteiger partial charge in [0.15, 0.2) is 6.61 Å². The second-order valence-corrected chi connectivity index (χ2v) is 7.61. The van der Waals surface area contributed by atoms with Crippen LogP contribution in [0, 0.1) is 13.8 Å². The zero-order chi connectivity index (χ0) is 23.3. The molecule has 0 aliphatic carbocycles. The van der Waals surface area contributed by atoms with Gasteiger partial charge < -0.3 is 19.7 Å². The molecule has 2 aromatic carbocycles. The van der Waals surface area contributed by atoms with Gasteiger partial charge in [-0.2, -0.15) is 0 Å². The summed E-state index contributed by atoms with van der Waals surface area (Å²) < 4.78 is 10.7. The van der Waals surface area contributed by atoms with Gasteiger partial charge in [0.05, 0.1) is 13.2 Å². The molecule has 2 aromatic rings. The maximum Gasteiger partial charge on any atom is 0.306 e. The van der Waals surface area contributed by atoms with Gasteiger partial charge in [-0.3, -0.25) is 14.4 Å². The fourth-order valence-electron chi connectivity index (χ4n) is 3.06. The molecular weight excluding hydrogens is 408 g/mol. The molecule has 0 heterocycles. The highest BCUT2D eigenvalue weighted by Gasteiger charge is 2.18. The van der Waals surface area contributed by atoms with Crippen LogP contribution in [0.3, 0.4) is 0 Å². The number of para-hydroxylation sites is 1. The van der Waals surface area contributed by atoms with Gasteiger partial charge >= 0.3 is 5.97 Å². The third-order valence-electron chi connectivity index (χ3n) is 4.74. The molecule has 0 bridgehead atoms. The zero-order valence-electron chi connectivity index (χ0n) is 19.1. The summed E-state index contributed by atoms with van der Waals surface area (Å²) in [5.74, 6) is -0.392. The lowest BCUT2D eigenvalue weighted by molar-refractivity contribution is -0.152. The highest BCUT2D eigenvalue weighted by atomic mass is 16.5. The van der Waals surface area contributed by atoms with E-state index in [4.69, 9.17) is 9.47 Å². The molecule has 0 saturated heterocycles. The molecular formula is C25H32N2O5. The Morgan fingerprint density at radius 1 is 1.03 bits per heavy atom. The number of aryl methyl sites for hydroxylation is 2. The molecule has 0 atom stereocenters. The van der Waals surface area contributed by atoms with Crippen molar-refractivity contribution in [2.45, 2.75) is 40.0 Å². The number of hydrogen-bond acceptors (Lipinski definition) is 5. The summed E-state index contributed by atoms with van der Waals surface area (Å²) in [7, 11) is 0. The lowest BCUT2D eigenvalue weighted by Gasteiger charge is -2.21. The highest BCUT2D eigenvalue weighted by molar-refractivity contribution is 5.95. The van der Waals surface area contributed by atoms with Gasteiger partial charge in [-0.05, 0) is 56.0 Å². The summed E-state index contributed by atoms with van der Waals surface area (Å²) in [5.41, 5.74) is 2.75. The second-order valence-electron chi connectivity index (χ2n) is 7.61. The molecule has 0 saturated carbocycles. The van der Waals surface area contributed by atoms with Crippen LogP contribution in [0.2, 0.25) is 0 Å². The quantitative estimate of drug-likeness (QED) is 0.400. The van der Waals surface area contributed by atoms with Crippen LogP contribution in [0.25, 0.3) is 0 Å². The van der Waals surface area contributed by atoms with Crippen LogP contribution in [-0.4, -0.2) is 49.0 Å². The van der Waals surface area contributed by atoms with Crippen molar-refractivity contribution in [3.8, 4) is 5.75 Å². The predicted molar refractivity (Wildman–Crippen MR) is 124 cm³/mol. The molecule has 0 unspecified atom stereocenters. The van der Waals surface area contributed by atoms with Gasteiger partial charge in [-0.25, -0.2) is 0 Å². The van der Waals surface area contributed by atoms with Crippen molar-refractivity contribution >= 4 is 23.5 Å². The Morgan fingerprint density at radius 3 is 2.53 bits per heavy atom. The van der Waals surface area contributed by atoms with Crippen LogP contribution in [0.1, 0.15) is 37.3 Å². The number of amides is 2. The minimum Gasteiger partial charge on any atom is -0.494 e. The van der Waals surface area contributed by atoms with E-state index in [1.807, 2.05) is 69.3 Å². The van der Waals surface area contributed by atoms with Gasteiger partial charge in [0.1, 0.15) is 5.75 Å². The fraction of sp³-hybridized carbons (Fsp3) is 0.400. The number of carbonyl (C=O) groups is 3. The van der Waals surface area contributed by atoms with E-state index in [1.165, 1.54) is 4.90 Å². The summed E-state index contributed by atoms with van der Waals surface area (Å²) >= 11 is 0. The first kappa shape index (κ1) is 24.9. The van der Waals surface area contributed by atoms with Gasteiger partial charge in [-0.1, -0.05) is 37.3 Å². The second kappa shape index (κ2) is 13.1. The maximum atomic E-state index is 12.5. The van der Waals surface area contributed by atoms with Gasteiger partial charge in [-0.15, -0.1) is 0 Å². The summed E-state index contributed by atoms with van der Waals surface area (Å²) in [4.78, 5) is 38.2. The monoisotopic (exact) mass is 440 g/mol. The summed E-state index contributed by atoms with van der Waals surface area (Å²) in [6.45, 7) is 6.11. The Bertz CT molecular complexity index is 913. The molecule has 0 aliphatic rings. The lowest BCUT2D eigenvalue weighted by Crippen LogP contribution is -2.40. The summed E-state index contributed by atoms with van der Waals surface area (Å²) in [6.07, 6.45) is 1.33.